The Morgan fingerprint density at radius 2 is 2.31 bits per heavy atom. The van der Waals surface area contributed by atoms with E-state index in [1.165, 1.54) is 0 Å². The molecule has 70 valence electrons. The molecule has 1 heterocycles. The SMILES string of the molecule is N[C@@H]1c2cc(Cl)ccc2OC[C@H]1O. The van der Waals surface area contributed by atoms with Crippen LogP contribution in [0.2, 0.25) is 5.02 Å². The molecular formula is C9H10ClNO2. The Balaban J connectivity index is 2.45. The van der Waals surface area contributed by atoms with E-state index in [4.69, 9.17) is 22.1 Å². The first-order valence-corrected chi connectivity index (χ1v) is 4.42. The summed E-state index contributed by atoms with van der Waals surface area (Å²) in [6.07, 6.45) is -0.647. The number of hydrogen-bond donors (Lipinski definition) is 2. The number of aliphatic hydroxyl groups excluding tert-OH is 1. The van der Waals surface area contributed by atoms with Crippen LogP contribution in [0.3, 0.4) is 0 Å². The largest absolute Gasteiger partial charge is 0.490 e. The lowest BCUT2D eigenvalue weighted by atomic mass is 9.99. The Bertz CT molecular complexity index is 329. The fourth-order valence-corrected chi connectivity index (χ4v) is 1.58. The van der Waals surface area contributed by atoms with E-state index in [0.717, 1.165) is 5.56 Å². The van der Waals surface area contributed by atoms with Crippen LogP contribution in [0.1, 0.15) is 11.6 Å². The van der Waals surface area contributed by atoms with Crippen molar-refractivity contribution >= 4 is 11.6 Å². The van der Waals surface area contributed by atoms with Crippen molar-refractivity contribution in [3.05, 3.63) is 28.8 Å². The van der Waals surface area contributed by atoms with Crippen LogP contribution >= 0.6 is 11.6 Å². The third-order valence-corrected chi connectivity index (χ3v) is 2.39. The number of benzene rings is 1. The molecule has 13 heavy (non-hydrogen) atoms. The van der Waals surface area contributed by atoms with Crippen molar-refractivity contribution in [3.8, 4) is 5.75 Å². The zero-order valence-corrected chi connectivity index (χ0v) is 7.66. The van der Waals surface area contributed by atoms with Crippen molar-refractivity contribution in [2.24, 2.45) is 5.73 Å². The number of hydrogen-bond acceptors (Lipinski definition) is 3. The zero-order valence-electron chi connectivity index (χ0n) is 6.90. The van der Waals surface area contributed by atoms with Gasteiger partial charge in [0.1, 0.15) is 18.5 Å². The smallest absolute Gasteiger partial charge is 0.124 e. The molecule has 0 bridgehead atoms. The Morgan fingerprint density at radius 3 is 3.08 bits per heavy atom. The van der Waals surface area contributed by atoms with Gasteiger partial charge in [-0.25, -0.2) is 0 Å². The molecule has 0 unspecified atom stereocenters. The summed E-state index contributed by atoms with van der Waals surface area (Å²) >= 11 is 5.80. The summed E-state index contributed by atoms with van der Waals surface area (Å²) in [6, 6.07) is 4.83. The highest BCUT2D eigenvalue weighted by atomic mass is 35.5. The molecule has 0 saturated carbocycles. The third kappa shape index (κ3) is 1.50. The van der Waals surface area contributed by atoms with Crippen LogP contribution in [-0.4, -0.2) is 17.8 Å². The van der Waals surface area contributed by atoms with E-state index in [9.17, 15) is 5.11 Å². The van der Waals surface area contributed by atoms with Crippen LogP contribution in [0, 0.1) is 0 Å². The van der Waals surface area contributed by atoms with E-state index in [-0.39, 0.29) is 6.61 Å². The second kappa shape index (κ2) is 3.18. The van der Waals surface area contributed by atoms with Crippen LogP contribution in [0.5, 0.6) is 5.75 Å². The van der Waals surface area contributed by atoms with Gasteiger partial charge in [-0.05, 0) is 18.2 Å². The highest BCUT2D eigenvalue weighted by Crippen LogP contribution is 2.32. The van der Waals surface area contributed by atoms with Gasteiger partial charge in [0.25, 0.3) is 0 Å². The van der Waals surface area contributed by atoms with Crippen molar-refractivity contribution in [2.75, 3.05) is 6.61 Å². The van der Waals surface area contributed by atoms with Gasteiger partial charge in [0.05, 0.1) is 6.04 Å². The van der Waals surface area contributed by atoms with E-state index >= 15 is 0 Å². The molecule has 0 saturated heterocycles. The van der Waals surface area contributed by atoms with Crippen molar-refractivity contribution in [2.45, 2.75) is 12.1 Å². The first kappa shape index (κ1) is 8.81. The molecule has 3 N–H and O–H groups in total. The minimum atomic E-state index is -0.647. The molecule has 0 fully saturated rings. The van der Waals surface area contributed by atoms with Gasteiger partial charge in [0.15, 0.2) is 0 Å². The number of aliphatic hydroxyl groups is 1. The Labute approximate surface area is 81.1 Å². The summed E-state index contributed by atoms with van der Waals surface area (Å²) in [4.78, 5) is 0. The Hall–Kier alpha value is -0.770. The van der Waals surface area contributed by atoms with Gasteiger partial charge >= 0.3 is 0 Å². The Kier molecular flexibility index (Phi) is 2.15. The maximum absolute atomic E-state index is 9.42. The summed E-state index contributed by atoms with van der Waals surface area (Å²) in [5, 5.41) is 10.0. The minimum Gasteiger partial charge on any atom is -0.490 e. The van der Waals surface area contributed by atoms with Gasteiger partial charge in [-0.2, -0.15) is 0 Å². The monoisotopic (exact) mass is 199 g/mol. The molecule has 1 aromatic carbocycles. The molecule has 1 aliphatic heterocycles. The number of fused-ring (bicyclic) bond motifs is 1. The van der Waals surface area contributed by atoms with Gasteiger partial charge in [0, 0.05) is 10.6 Å². The van der Waals surface area contributed by atoms with E-state index in [1.807, 2.05) is 0 Å². The highest BCUT2D eigenvalue weighted by molar-refractivity contribution is 6.30. The molecule has 2 atom stereocenters. The van der Waals surface area contributed by atoms with E-state index in [1.54, 1.807) is 18.2 Å². The minimum absolute atomic E-state index is 0.246. The lowest BCUT2D eigenvalue weighted by Crippen LogP contribution is -2.35. The summed E-state index contributed by atoms with van der Waals surface area (Å²) in [5.74, 6) is 0.710. The molecule has 2 rings (SSSR count). The van der Waals surface area contributed by atoms with Crippen molar-refractivity contribution in [3.63, 3.8) is 0 Å². The molecule has 1 aliphatic rings. The molecule has 0 amide bonds. The van der Waals surface area contributed by atoms with Gasteiger partial charge in [-0.15, -0.1) is 0 Å². The Morgan fingerprint density at radius 1 is 1.54 bits per heavy atom. The van der Waals surface area contributed by atoms with Crippen molar-refractivity contribution in [1.82, 2.24) is 0 Å². The highest BCUT2D eigenvalue weighted by Gasteiger charge is 2.26. The molecule has 0 aromatic heterocycles. The van der Waals surface area contributed by atoms with Crippen LogP contribution in [0.15, 0.2) is 18.2 Å². The second-order valence-electron chi connectivity index (χ2n) is 3.09. The summed E-state index contributed by atoms with van der Waals surface area (Å²) in [5.41, 5.74) is 6.54. The quantitative estimate of drug-likeness (QED) is 0.658. The van der Waals surface area contributed by atoms with E-state index < -0.39 is 12.1 Å². The predicted molar refractivity (Wildman–Crippen MR) is 49.9 cm³/mol. The maximum Gasteiger partial charge on any atom is 0.124 e. The van der Waals surface area contributed by atoms with Crippen LogP contribution in [-0.2, 0) is 0 Å². The standard InChI is InChI=1S/C9H10ClNO2/c10-5-1-2-8-6(3-5)9(11)7(12)4-13-8/h1-3,7,9,12H,4,11H2/t7-,9-/m1/s1. The van der Waals surface area contributed by atoms with Crippen LogP contribution < -0.4 is 10.5 Å². The fraction of sp³-hybridized carbons (Fsp3) is 0.333. The topological polar surface area (TPSA) is 55.5 Å². The lowest BCUT2D eigenvalue weighted by Gasteiger charge is -2.27. The molecule has 0 aliphatic carbocycles. The molecule has 0 spiro atoms. The third-order valence-electron chi connectivity index (χ3n) is 2.16. The maximum atomic E-state index is 9.42. The van der Waals surface area contributed by atoms with Crippen molar-refractivity contribution in [1.29, 1.82) is 0 Å². The van der Waals surface area contributed by atoms with E-state index in [0.29, 0.717) is 10.8 Å². The van der Waals surface area contributed by atoms with Gasteiger partial charge < -0.3 is 15.6 Å². The molecule has 4 heteroatoms. The lowest BCUT2D eigenvalue weighted by molar-refractivity contribution is 0.0679. The average molecular weight is 200 g/mol. The summed E-state index contributed by atoms with van der Waals surface area (Å²) in [6.45, 7) is 0.246. The molecule has 1 aromatic rings. The predicted octanol–water partition coefficient (Wildman–Crippen LogP) is 1.09. The zero-order chi connectivity index (χ0) is 9.42. The van der Waals surface area contributed by atoms with Crippen LogP contribution in [0.4, 0.5) is 0 Å². The fourth-order valence-electron chi connectivity index (χ4n) is 1.40. The number of nitrogens with two attached hydrogens (primary N) is 1. The number of halogens is 1. The van der Waals surface area contributed by atoms with E-state index in [2.05, 4.69) is 0 Å². The normalized spacial score (nSPS) is 26.4. The van der Waals surface area contributed by atoms with Gasteiger partial charge in [-0.3, -0.25) is 0 Å². The van der Waals surface area contributed by atoms with Crippen LogP contribution in [0.25, 0.3) is 0 Å². The molecular weight excluding hydrogens is 190 g/mol. The first-order chi connectivity index (χ1) is 6.18. The molecule has 3 nitrogen and oxygen atoms in total. The summed E-state index contributed by atoms with van der Waals surface area (Å²) < 4.78 is 5.27. The molecule has 0 radical (unpaired) electrons. The van der Waals surface area contributed by atoms with Gasteiger partial charge in [0.2, 0.25) is 0 Å². The second-order valence-corrected chi connectivity index (χ2v) is 3.52. The summed E-state index contributed by atoms with van der Waals surface area (Å²) in [7, 11) is 0. The number of rotatable bonds is 0. The van der Waals surface area contributed by atoms with Crippen molar-refractivity contribution < 1.29 is 9.84 Å². The van der Waals surface area contributed by atoms with Gasteiger partial charge in [-0.1, -0.05) is 11.6 Å². The average Bonchev–Trinajstić information content (AvgIpc) is 2.12. The first-order valence-electron chi connectivity index (χ1n) is 4.04. The number of ether oxygens (including phenoxy) is 1.